The third-order valence-electron chi connectivity index (χ3n) is 5.03. The van der Waals surface area contributed by atoms with Gasteiger partial charge in [-0.25, -0.2) is 9.89 Å². The molecule has 1 aromatic carbocycles. The van der Waals surface area contributed by atoms with Crippen molar-refractivity contribution in [1.29, 1.82) is 0 Å². The van der Waals surface area contributed by atoms with Gasteiger partial charge in [0.05, 0.1) is 18.7 Å². The molecule has 0 aromatic heterocycles. The van der Waals surface area contributed by atoms with E-state index in [-0.39, 0.29) is 29.3 Å². The number of amides is 2. The molecule has 8 heteroatoms. The van der Waals surface area contributed by atoms with Crippen molar-refractivity contribution in [2.24, 2.45) is 15.9 Å². The smallest absolute Gasteiger partial charge is 0.259 e. The quantitative estimate of drug-likeness (QED) is 0.732. The molecule has 1 N–H and O–H groups in total. The molecule has 0 saturated heterocycles. The third-order valence-corrected chi connectivity index (χ3v) is 5.30. The molecule has 148 valence electrons. The molecule has 29 heavy (non-hydrogen) atoms. The average Bonchev–Trinajstić information content (AvgIpc) is 3.08. The van der Waals surface area contributed by atoms with Crippen molar-refractivity contribution >= 4 is 40.7 Å². The molecular formula is C21H20N4O3S. The van der Waals surface area contributed by atoms with E-state index in [0.717, 1.165) is 17.0 Å². The Morgan fingerprint density at radius 3 is 2.97 bits per heavy atom. The van der Waals surface area contributed by atoms with Gasteiger partial charge < -0.3 is 10.1 Å². The van der Waals surface area contributed by atoms with Crippen molar-refractivity contribution in [2.45, 2.75) is 25.4 Å². The summed E-state index contributed by atoms with van der Waals surface area (Å²) in [6, 6.07) is 6.89. The molecule has 7 nitrogen and oxygen atoms in total. The second-order valence-corrected chi connectivity index (χ2v) is 7.21. The molecule has 0 fully saturated rings. The molecule has 2 aliphatic heterocycles. The number of fused-ring (bicyclic) bond motifs is 3. The normalized spacial score (nSPS) is 22.0. The number of aliphatic imine (C=N–C) groups is 2. The zero-order chi connectivity index (χ0) is 20.4. The van der Waals surface area contributed by atoms with Gasteiger partial charge in [-0.05, 0) is 30.8 Å². The zero-order valence-electron chi connectivity index (χ0n) is 15.9. The maximum absolute atomic E-state index is 12.8. The van der Waals surface area contributed by atoms with Crippen molar-refractivity contribution < 1.29 is 14.3 Å². The van der Waals surface area contributed by atoms with Crippen LogP contribution >= 0.6 is 12.2 Å². The van der Waals surface area contributed by atoms with Crippen LogP contribution in [0.3, 0.4) is 0 Å². The fourth-order valence-electron chi connectivity index (χ4n) is 3.55. The molecule has 1 aromatic rings. The van der Waals surface area contributed by atoms with E-state index in [4.69, 9.17) is 17.0 Å². The lowest BCUT2D eigenvalue weighted by Gasteiger charge is -2.28. The minimum atomic E-state index is -0.617. The van der Waals surface area contributed by atoms with E-state index in [0.29, 0.717) is 18.8 Å². The van der Waals surface area contributed by atoms with Crippen molar-refractivity contribution in [3.05, 3.63) is 54.1 Å². The van der Waals surface area contributed by atoms with Gasteiger partial charge in [0.1, 0.15) is 17.6 Å². The molecule has 0 saturated carbocycles. The van der Waals surface area contributed by atoms with Crippen LogP contribution in [-0.2, 0) is 16.1 Å². The van der Waals surface area contributed by atoms with Gasteiger partial charge >= 0.3 is 0 Å². The lowest BCUT2D eigenvalue weighted by atomic mass is 9.95. The summed E-state index contributed by atoms with van der Waals surface area (Å²) in [5, 5.41) is 3.08. The lowest BCUT2D eigenvalue weighted by Crippen LogP contribution is -2.46. The fourth-order valence-corrected chi connectivity index (χ4v) is 3.84. The van der Waals surface area contributed by atoms with Gasteiger partial charge in [0, 0.05) is 18.5 Å². The number of nitrogens with one attached hydrogen (secondary N) is 1. The van der Waals surface area contributed by atoms with Crippen LogP contribution in [0.4, 0.5) is 0 Å². The van der Waals surface area contributed by atoms with Crippen LogP contribution in [0, 0.1) is 5.92 Å². The first-order valence-corrected chi connectivity index (χ1v) is 9.77. The van der Waals surface area contributed by atoms with Crippen LogP contribution in [0.2, 0.25) is 0 Å². The van der Waals surface area contributed by atoms with E-state index >= 15 is 0 Å². The Hall–Kier alpha value is -3.13. The van der Waals surface area contributed by atoms with Crippen LogP contribution in [0.1, 0.15) is 18.4 Å². The number of ether oxygens (including phenoxy) is 1. The lowest BCUT2D eigenvalue weighted by molar-refractivity contribution is -0.125. The Bertz CT molecular complexity index is 995. The number of carbonyl (C=O) groups excluding carboxylic acids is 2. The van der Waals surface area contributed by atoms with Crippen molar-refractivity contribution in [1.82, 2.24) is 10.2 Å². The Kier molecular flexibility index (Phi) is 5.35. The van der Waals surface area contributed by atoms with Crippen molar-refractivity contribution in [2.75, 3.05) is 7.11 Å². The molecule has 4 rings (SSSR count). The van der Waals surface area contributed by atoms with Gasteiger partial charge in [-0.15, -0.1) is 0 Å². The zero-order valence-corrected chi connectivity index (χ0v) is 16.7. The van der Waals surface area contributed by atoms with Crippen LogP contribution < -0.4 is 10.1 Å². The number of hydrogen-bond acceptors (Lipinski definition) is 5. The van der Waals surface area contributed by atoms with E-state index in [1.165, 1.54) is 4.90 Å². The second-order valence-electron chi connectivity index (χ2n) is 6.84. The number of nitrogens with zero attached hydrogens (tertiary/aromatic N) is 3. The maximum atomic E-state index is 12.8. The summed E-state index contributed by atoms with van der Waals surface area (Å²) >= 11 is 5.28. The minimum absolute atomic E-state index is 0.145. The molecule has 0 radical (unpaired) electrons. The van der Waals surface area contributed by atoms with E-state index < -0.39 is 6.04 Å². The second kappa shape index (κ2) is 8.08. The molecule has 0 bridgehead atoms. The number of methoxy groups -OCH3 is 1. The first-order chi connectivity index (χ1) is 14.1. The predicted molar refractivity (Wildman–Crippen MR) is 114 cm³/mol. The number of para-hydroxylation sites is 1. The first-order valence-electron chi connectivity index (χ1n) is 9.36. The van der Waals surface area contributed by atoms with Gasteiger partial charge in [0.2, 0.25) is 11.0 Å². The number of amidine groups is 1. The number of thiocarbonyl (C=S) groups is 1. The standard InChI is InChI=1S/C21H20N4O3S/c1-28-17-9-5-2-6-13(17)12-22-18(26)11-10-16-20(27)25-19(23-16)14-7-3-4-8-15(14)24-21(25)29/h2-9,14,16H,10-12H2,1H3,(H,22,26). The van der Waals surface area contributed by atoms with E-state index in [1.54, 1.807) is 7.11 Å². The highest BCUT2D eigenvalue weighted by Crippen LogP contribution is 2.28. The Balaban J connectivity index is 1.37. The van der Waals surface area contributed by atoms with Crippen molar-refractivity contribution in [3.8, 4) is 5.75 Å². The summed E-state index contributed by atoms with van der Waals surface area (Å²) in [7, 11) is 1.59. The van der Waals surface area contributed by atoms with Gasteiger partial charge in [-0.1, -0.05) is 36.4 Å². The fraction of sp³-hybridized carbons (Fsp3) is 0.286. The third kappa shape index (κ3) is 3.75. The SMILES string of the molecule is COc1ccccc1CNC(=O)CCC1N=C2C3C=CC=CC3=NC(=S)N2C1=O. The topological polar surface area (TPSA) is 83.4 Å². The average molecular weight is 408 g/mol. The van der Waals surface area contributed by atoms with Crippen LogP contribution in [0.5, 0.6) is 5.75 Å². The summed E-state index contributed by atoms with van der Waals surface area (Å²) in [6.45, 7) is 0.364. The monoisotopic (exact) mass is 408 g/mol. The van der Waals surface area contributed by atoms with Crippen LogP contribution in [0.25, 0.3) is 0 Å². The largest absolute Gasteiger partial charge is 0.496 e. The summed E-state index contributed by atoms with van der Waals surface area (Å²) in [5.41, 5.74) is 1.68. The number of allylic oxidation sites excluding steroid dienone is 3. The maximum Gasteiger partial charge on any atom is 0.259 e. The summed E-state index contributed by atoms with van der Waals surface area (Å²) in [5.74, 6) is 0.799. The predicted octanol–water partition coefficient (Wildman–Crippen LogP) is 2.18. The van der Waals surface area contributed by atoms with E-state index in [2.05, 4.69) is 15.3 Å². The van der Waals surface area contributed by atoms with Gasteiger partial charge in [0.15, 0.2) is 0 Å². The molecule has 1 aliphatic carbocycles. The molecule has 3 aliphatic rings. The summed E-state index contributed by atoms with van der Waals surface area (Å²) in [6.07, 6.45) is 8.12. The molecule has 2 heterocycles. The van der Waals surface area contributed by atoms with Crippen LogP contribution in [0.15, 0.2) is 58.6 Å². The number of carbonyl (C=O) groups is 2. The summed E-state index contributed by atoms with van der Waals surface area (Å²) in [4.78, 5) is 35.4. The van der Waals surface area contributed by atoms with E-state index in [9.17, 15) is 9.59 Å². The van der Waals surface area contributed by atoms with Gasteiger partial charge in [0.25, 0.3) is 5.91 Å². The Labute approximate surface area is 173 Å². The first kappa shape index (κ1) is 19.2. The highest BCUT2D eigenvalue weighted by Gasteiger charge is 2.43. The number of benzene rings is 1. The number of rotatable bonds is 6. The van der Waals surface area contributed by atoms with Crippen LogP contribution in [-0.4, -0.2) is 46.5 Å². The van der Waals surface area contributed by atoms with Gasteiger partial charge in [-0.3, -0.25) is 14.6 Å². The Morgan fingerprint density at radius 2 is 2.14 bits per heavy atom. The van der Waals surface area contributed by atoms with E-state index in [1.807, 2.05) is 48.6 Å². The molecule has 2 atom stereocenters. The molecule has 0 spiro atoms. The molecule has 2 amide bonds. The highest BCUT2D eigenvalue weighted by molar-refractivity contribution is 7.80. The highest BCUT2D eigenvalue weighted by atomic mass is 32.1. The van der Waals surface area contributed by atoms with Gasteiger partial charge in [-0.2, -0.15) is 0 Å². The molecule has 2 unspecified atom stereocenters. The summed E-state index contributed by atoms with van der Waals surface area (Å²) < 4.78 is 5.29. The minimum Gasteiger partial charge on any atom is -0.496 e. The molecular weight excluding hydrogens is 388 g/mol. The Morgan fingerprint density at radius 1 is 1.31 bits per heavy atom. The van der Waals surface area contributed by atoms with Crippen molar-refractivity contribution in [3.63, 3.8) is 0 Å². The number of hydrogen-bond donors (Lipinski definition) is 1.